The van der Waals surface area contributed by atoms with Gasteiger partial charge in [-0.15, -0.1) is 0 Å². The van der Waals surface area contributed by atoms with E-state index in [1.54, 1.807) is 17.2 Å². The van der Waals surface area contributed by atoms with E-state index in [0.29, 0.717) is 17.1 Å². The normalized spacial score (nSPS) is 19.6. The minimum Gasteiger partial charge on any atom is -0.392 e. The maximum Gasteiger partial charge on any atom is 0.256 e. The Balaban J connectivity index is 2.20. The standard InChI is InChI=1S/C13H17N3OS/c1-9-5-6-10(8-15-9)13(17)16-7-3-2-4-11(16)12(14)18/h5-6,8,11H,2-4,7H2,1H3,(H2,14,18). The molecule has 0 radical (unpaired) electrons. The van der Waals surface area contributed by atoms with Gasteiger partial charge in [0.1, 0.15) is 0 Å². The molecule has 5 heteroatoms. The number of pyridine rings is 1. The highest BCUT2D eigenvalue weighted by molar-refractivity contribution is 7.80. The molecule has 0 aromatic carbocycles. The molecule has 1 aliphatic rings. The molecule has 4 nitrogen and oxygen atoms in total. The minimum atomic E-state index is -0.109. The van der Waals surface area contributed by atoms with Crippen LogP contribution in [0.5, 0.6) is 0 Å². The lowest BCUT2D eigenvalue weighted by Gasteiger charge is -2.35. The van der Waals surface area contributed by atoms with E-state index in [-0.39, 0.29) is 11.9 Å². The predicted octanol–water partition coefficient (Wildman–Crippen LogP) is 1.67. The maximum atomic E-state index is 12.4. The number of thiocarbonyl (C=S) groups is 1. The quantitative estimate of drug-likeness (QED) is 0.825. The Hall–Kier alpha value is -1.49. The number of rotatable bonds is 2. The molecule has 1 aromatic heterocycles. The number of carbonyl (C=O) groups excluding carboxylic acids is 1. The number of carbonyl (C=O) groups is 1. The smallest absolute Gasteiger partial charge is 0.256 e. The number of likely N-dealkylation sites (tertiary alicyclic amines) is 1. The van der Waals surface area contributed by atoms with Crippen LogP contribution >= 0.6 is 12.2 Å². The van der Waals surface area contributed by atoms with Crippen LogP contribution < -0.4 is 5.73 Å². The Morgan fingerprint density at radius 1 is 1.50 bits per heavy atom. The van der Waals surface area contributed by atoms with Crippen LogP contribution in [-0.4, -0.2) is 33.4 Å². The van der Waals surface area contributed by atoms with Gasteiger partial charge in [-0.25, -0.2) is 0 Å². The summed E-state index contributed by atoms with van der Waals surface area (Å²) in [6.07, 6.45) is 4.55. The molecule has 0 bridgehead atoms. The monoisotopic (exact) mass is 263 g/mol. The van der Waals surface area contributed by atoms with Crippen molar-refractivity contribution in [1.29, 1.82) is 0 Å². The SMILES string of the molecule is Cc1ccc(C(=O)N2CCCCC2C(N)=S)cn1. The molecular weight excluding hydrogens is 246 g/mol. The summed E-state index contributed by atoms with van der Waals surface area (Å²) in [5, 5.41) is 0. The number of hydrogen-bond donors (Lipinski definition) is 1. The van der Waals surface area contributed by atoms with E-state index in [0.717, 1.165) is 25.0 Å². The molecule has 1 aromatic rings. The molecule has 0 saturated carbocycles. The van der Waals surface area contributed by atoms with Crippen molar-refractivity contribution in [3.63, 3.8) is 0 Å². The summed E-state index contributed by atoms with van der Waals surface area (Å²) in [7, 11) is 0. The summed E-state index contributed by atoms with van der Waals surface area (Å²) in [5.41, 5.74) is 7.22. The van der Waals surface area contributed by atoms with Crippen molar-refractivity contribution < 1.29 is 4.79 Å². The van der Waals surface area contributed by atoms with Crippen LogP contribution in [0.2, 0.25) is 0 Å². The molecule has 0 aliphatic carbocycles. The number of piperidine rings is 1. The zero-order chi connectivity index (χ0) is 13.1. The van der Waals surface area contributed by atoms with Gasteiger partial charge in [0.05, 0.1) is 16.6 Å². The van der Waals surface area contributed by atoms with Crippen LogP contribution in [0.15, 0.2) is 18.3 Å². The maximum absolute atomic E-state index is 12.4. The summed E-state index contributed by atoms with van der Waals surface area (Å²) >= 11 is 5.05. The zero-order valence-electron chi connectivity index (χ0n) is 10.4. The van der Waals surface area contributed by atoms with Crippen LogP contribution in [0, 0.1) is 6.92 Å². The lowest BCUT2D eigenvalue weighted by Crippen LogP contribution is -2.49. The molecule has 1 unspecified atom stereocenters. The lowest BCUT2D eigenvalue weighted by molar-refractivity contribution is 0.0681. The number of nitrogens with zero attached hydrogens (tertiary/aromatic N) is 2. The molecule has 1 aliphatic heterocycles. The van der Waals surface area contributed by atoms with Crippen LogP contribution in [0.1, 0.15) is 35.3 Å². The first-order valence-electron chi connectivity index (χ1n) is 6.12. The highest BCUT2D eigenvalue weighted by atomic mass is 32.1. The largest absolute Gasteiger partial charge is 0.392 e. The van der Waals surface area contributed by atoms with Crippen molar-refractivity contribution in [2.24, 2.45) is 5.73 Å². The number of nitrogens with two attached hydrogens (primary N) is 1. The van der Waals surface area contributed by atoms with Gasteiger partial charge in [-0.05, 0) is 38.3 Å². The third-order valence-corrected chi connectivity index (χ3v) is 3.52. The van der Waals surface area contributed by atoms with Gasteiger partial charge in [0.2, 0.25) is 0 Å². The average molecular weight is 263 g/mol. The molecule has 2 heterocycles. The fourth-order valence-electron chi connectivity index (χ4n) is 2.23. The van der Waals surface area contributed by atoms with E-state index in [2.05, 4.69) is 4.98 Å². The highest BCUT2D eigenvalue weighted by Gasteiger charge is 2.29. The molecule has 0 spiro atoms. The van der Waals surface area contributed by atoms with Crippen LogP contribution in [0.3, 0.4) is 0 Å². The molecular formula is C13H17N3OS. The second kappa shape index (κ2) is 5.44. The first kappa shape index (κ1) is 13.0. The Kier molecular flexibility index (Phi) is 3.91. The average Bonchev–Trinajstić information content (AvgIpc) is 2.39. The third-order valence-electron chi connectivity index (χ3n) is 3.25. The Labute approximate surface area is 112 Å². The van der Waals surface area contributed by atoms with Crippen molar-refractivity contribution >= 4 is 23.1 Å². The van der Waals surface area contributed by atoms with Gasteiger partial charge in [-0.1, -0.05) is 12.2 Å². The summed E-state index contributed by atoms with van der Waals surface area (Å²) in [6, 6.07) is 3.53. The van der Waals surface area contributed by atoms with Crippen molar-refractivity contribution in [3.8, 4) is 0 Å². The van der Waals surface area contributed by atoms with E-state index in [1.165, 1.54) is 0 Å². The van der Waals surface area contributed by atoms with Crippen molar-refractivity contribution in [3.05, 3.63) is 29.6 Å². The zero-order valence-corrected chi connectivity index (χ0v) is 11.2. The van der Waals surface area contributed by atoms with Gasteiger partial charge in [0.15, 0.2) is 0 Å². The molecule has 2 rings (SSSR count). The third kappa shape index (κ3) is 2.67. The predicted molar refractivity (Wildman–Crippen MR) is 74.4 cm³/mol. The van der Waals surface area contributed by atoms with Gasteiger partial charge in [0, 0.05) is 18.4 Å². The van der Waals surface area contributed by atoms with Crippen LogP contribution in [0.25, 0.3) is 0 Å². The van der Waals surface area contributed by atoms with Crippen LogP contribution in [-0.2, 0) is 0 Å². The Bertz CT molecular complexity index is 458. The fourth-order valence-corrected chi connectivity index (χ4v) is 2.48. The molecule has 1 fully saturated rings. The van der Waals surface area contributed by atoms with E-state index in [9.17, 15) is 4.79 Å². The topological polar surface area (TPSA) is 59.2 Å². The molecule has 1 saturated heterocycles. The molecule has 1 atom stereocenters. The summed E-state index contributed by atoms with van der Waals surface area (Å²) in [5.74, 6) is -0.0278. The van der Waals surface area contributed by atoms with E-state index < -0.39 is 0 Å². The fraction of sp³-hybridized carbons (Fsp3) is 0.462. The van der Waals surface area contributed by atoms with Gasteiger partial charge in [-0.3, -0.25) is 9.78 Å². The number of amides is 1. The van der Waals surface area contributed by atoms with Crippen molar-refractivity contribution in [2.45, 2.75) is 32.2 Å². The van der Waals surface area contributed by atoms with Gasteiger partial charge >= 0.3 is 0 Å². The molecule has 2 N–H and O–H groups in total. The Morgan fingerprint density at radius 2 is 2.28 bits per heavy atom. The Morgan fingerprint density at radius 3 is 2.89 bits per heavy atom. The minimum absolute atomic E-state index is 0.0278. The second-order valence-corrected chi connectivity index (χ2v) is 5.07. The van der Waals surface area contributed by atoms with E-state index in [1.807, 2.05) is 13.0 Å². The number of aromatic nitrogens is 1. The first-order chi connectivity index (χ1) is 8.59. The molecule has 1 amide bonds. The number of hydrogen-bond acceptors (Lipinski definition) is 3. The lowest BCUT2D eigenvalue weighted by atomic mass is 10.0. The van der Waals surface area contributed by atoms with Gasteiger partial charge in [0.25, 0.3) is 5.91 Å². The summed E-state index contributed by atoms with van der Waals surface area (Å²) in [6.45, 7) is 2.61. The van der Waals surface area contributed by atoms with Crippen LogP contribution in [0.4, 0.5) is 0 Å². The van der Waals surface area contributed by atoms with Crippen molar-refractivity contribution in [1.82, 2.24) is 9.88 Å². The van der Waals surface area contributed by atoms with Crippen molar-refractivity contribution in [2.75, 3.05) is 6.54 Å². The second-order valence-electron chi connectivity index (χ2n) is 4.60. The van der Waals surface area contributed by atoms with E-state index in [4.69, 9.17) is 18.0 Å². The van der Waals surface area contributed by atoms with E-state index >= 15 is 0 Å². The highest BCUT2D eigenvalue weighted by Crippen LogP contribution is 2.19. The van der Waals surface area contributed by atoms with Gasteiger partial charge < -0.3 is 10.6 Å². The summed E-state index contributed by atoms with van der Waals surface area (Å²) < 4.78 is 0. The molecule has 18 heavy (non-hydrogen) atoms. The number of aryl methyl sites for hydroxylation is 1. The summed E-state index contributed by atoms with van der Waals surface area (Å²) in [4.78, 5) is 18.7. The first-order valence-corrected chi connectivity index (χ1v) is 6.53. The molecule has 96 valence electrons. The van der Waals surface area contributed by atoms with Gasteiger partial charge in [-0.2, -0.15) is 0 Å².